The van der Waals surface area contributed by atoms with E-state index in [0.29, 0.717) is 16.5 Å². The molecule has 1 N–H and O–H groups in total. The first-order chi connectivity index (χ1) is 20.9. The van der Waals surface area contributed by atoms with Gasteiger partial charge in [-0.15, -0.1) is 0 Å². The summed E-state index contributed by atoms with van der Waals surface area (Å²) in [5, 5.41) is 13.5. The van der Waals surface area contributed by atoms with Gasteiger partial charge in [-0.1, -0.05) is 87.2 Å². The van der Waals surface area contributed by atoms with Gasteiger partial charge in [-0.3, -0.25) is 9.59 Å². The van der Waals surface area contributed by atoms with Gasteiger partial charge in [0.05, 0.1) is 30.8 Å². The van der Waals surface area contributed by atoms with Crippen molar-refractivity contribution in [1.29, 1.82) is 0 Å². The van der Waals surface area contributed by atoms with E-state index < -0.39 is 61.7 Å². The smallest absolute Gasteiger partial charge is 0.352 e. The van der Waals surface area contributed by atoms with Crippen molar-refractivity contribution >= 4 is 31.4 Å². The second-order valence-corrected chi connectivity index (χ2v) is 17.2. The average molecular weight is 623 g/mol. The van der Waals surface area contributed by atoms with E-state index in [2.05, 4.69) is 19.6 Å². The molecule has 1 fully saturated rings. The molecule has 1 aliphatic rings. The SMILES string of the molecule is CCOC(=O)[C@@H]1C[C@H](C)[C@@H](OC(=O)[C@H](OC(C)=O)c2ccccc2)[C@H](OCc2ccccc2)[C@@]1(O)c1ccoc1[Si](C)(C)C. The van der Waals surface area contributed by atoms with Crippen LogP contribution in [0.2, 0.25) is 19.6 Å². The monoisotopic (exact) mass is 622 g/mol. The molecule has 1 saturated carbocycles. The van der Waals surface area contributed by atoms with Crippen molar-refractivity contribution in [1.82, 2.24) is 0 Å². The summed E-state index contributed by atoms with van der Waals surface area (Å²) in [6, 6.07) is 19.6. The number of furan rings is 1. The molecular formula is C34H42O9Si. The molecule has 44 heavy (non-hydrogen) atoms. The van der Waals surface area contributed by atoms with Crippen LogP contribution in [0, 0.1) is 11.8 Å². The number of hydrogen-bond acceptors (Lipinski definition) is 9. The average Bonchev–Trinajstić information content (AvgIpc) is 3.50. The number of carbonyl (C=O) groups excluding carboxylic acids is 3. The number of ether oxygens (including phenoxy) is 4. The largest absolute Gasteiger partial charge is 0.474 e. The highest BCUT2D eigenvalue weighted by atomic mass is 28.3. The van der Waals surface area contributed by atoms with Crippen molar-refractivity contribution < 1.29 is 42.9 Å². The lowest BCUT2D eigenvalue weighted by molar-refractivity contribution is -0.241. The summed E-state index contributed by atoms with van der Waals surface area (Å²) >= 11 is 0. The third-order valence-electron chi connectivity index (χ3n) is 7.91. The van der Waals surface area contributed by atoms with Crippen molar-refractivity contribution in [3.63, 3.8) is 0 Å². The van der Waals surface area contributed by atoms with Crippen molar-refractivity contribution in [2.75, 3.05) is 6.61 Å². The normalized spacial score (nSPS) is 24.2. The van der Waals surface area contributed by atoms with Gasteiger partial charge >= 0.3 is 17.9 Å². The first-order valence-corrected chi connectivity index (χ1v) is 18.4. The van der Waals surface area contributed by atoms with Gasteiger partial charge in [0.15, 0.2) is 0 Å². The molecule has 236 valence electrons. The summed E-state index contributed by atoms with van der Waals surface area (Å²) in [7, 11) is -2.21. The van der Waals surface area contributed by atoms with E-state index in [9.17, 15) is 19.5 Å². The summed E-state index contributed by atoms with van der Waals surface area (Å²) in [6.07, 6.45) is -1.95. The molecule has 9 nitrogen and oxygen atoms in total. The Morgan fingerprint density at radius 2 is 1.66 bits per heavy atom. The fraction of sp³-hybridized carbons (Fsp3) is 0.441. The fourth-order valence-corrected chi connectivity index (χ4v) is 7.41. The maximum atomic E-state index is 13.8. The molecule has 1 aromatic heterocycles. The topological polar surface area (TPSA) is 122 Å². The first kappa shape index (κ1) is 33.2. The van der Waals surface area contributed by atoms with E-state index in [0.717, 1.165) is 5.56 Å². The second-order valence-electron chi connectivity index (χ2n) is 12.3. The van der Waals surface area contributed by atoms with Crippen LogP contribution < -0.4 is 5.38 Å². The first-order valence-electron chi connectivity index (χ1n) is 14.9. The summed E-state index contributed by atoms with van der Waals surface area (Å²) in [5.41, 5.74) is -0.301. The molecule has 2 aromatic carbocycles. The highest BCUT2D eigenvalue weighted by Gasteiger charge is 2.61. The number of benzene rings is 2. The molecule has 3 aromatic rings. The number of aliphatic hydroxyl groups is 1. The van der Waals surface area contributed by atoms with Crippen molar-refractivity contribution in [3.8, 4) is 0 Å². The molecule has 0 unspecified atom stereocenters. The Balaban J connectivity index is 1.84. The highest BCUT2D eigenvalue weighted by molar-refractivity contribution is 6.88. The molecule has 10 heteroatoms. The lowest BCUT2D eigenvalue weighted by atomic mass is 9.65. The van der Waals surface area contributed by atoms with Crippen LogP contribution in [0.4, 0.5) is 0 Å². The Morgan fingerprint density at radius 3 is 2.25 bits per heavy atom. The van der Waals surface area contributed by atoms with Crippen LogP contribution in [-0.4, -0.2) is 49.9 Å². The number of rotatable bonds is 11. The zero-order valence-electron chi connectivity index (χ0n) is 26.1. The fourth-order valence-electron chi connectivity index (χ4n) is 5.90. The summed E-state index contributed by atoms with van der Waals surface area (Å²) in [4.78, 5) is 39.4. The standard InChI is InChI=1S/C34H42O9Si/c1-7-39-31(36)27-20-22(2)28(43-32(37)29(42-23(3)35)25-16-12-9-13-17-25)30(41-21-24-14-10-8-11-15-24)34(27,38)26-18-19-40-33(26)44(4,5)6/h8-19,22,27-30,38H,7,20-21H2,1-6H3/t22-,27-,28+,29+,30-,34+/m0/s1. The van der Waals surface area contributed by atoms with Gasteiger partial charge < -0.3 is 28.5 Å². The van der Waals surface area contributed by atoms with Crippen molar-refractivity contribution in [2.24, 2.45) is 11.8 Å². The molecule has 0 spiro atoms. The van der Waals surface area contributed by atoms with Gasteiger partial charge in [0.1, 0.15) is 25.9 Å². The second kappa shape index (κ2) is 13.9. The van der Waals surface area contributed by atoms with Crippen molar-refractivity contribution in [3.05, 3.63) is 89.7 Å². The molecule has 0 saturated heterocycles. The van der Waals surface area contributed by atoms with Gasteiger partial charge in [-0.05, 0) is 30.9 Å². The summed E-state index contributed by atoms with van der Waals surface area (Å²) in [5.74, 6) is -3.54. The molecule has 4 rings (SSSR count). The Hall–Kier alpha value is -3.73. The molecular weight excluding hydrogens is 580 g/mol. The molecule has 0 aliphatic heterocycles. The Labute approximate surface area is 259 Å². The lowest BCUT2D eigenvalue weighted by Crippen LogP contribution is -2.64. The highest BCUT2D eigenvalue weighted by Crippen LogP contribution is 2.48. The number of esters is 3. The van der Waals surface area contributed by atoms with Gasteiger partial charge in [-0.2, -0.15) is 0 Å². The van der Waals surface area contributed by atoms with E-state index >= 15 is 0 Å². The zero-order valence-corrected chi connectivity index (χ0v) is 27.1. The van der Waals surface area contributed by atoms with E-state index in [1.54, 1.807) is 43.3 Å². The minimum absolute atomic E-state index is 0.0658. The van der Waals surface area contributed by atoms with E-state index in [4.69, 9.17) is 23.4 Å². The van der Waals surface area contributed by atoms with Crippen LogP contribution in [0.3, 0.4) is 0 Å². The minimum Gasteiger partial charge on any atom is -0.474 e. The van der Waals surface area contributed by atoms with Gasteiger partial charge in [-0.25, -0.2) is 4.79 Å². The maximum absolute atomic E-state index is 13.8. The predicted molar refractivity (Wildman–Crippen MR) is 165 cm³/mol. The molecule has 6 atom stereocenters. The van der Waals surface area contributed by atoms with Crippen LogP contribution in [-0.2, 0) is 45.5 Å². The molecule has 0 bridgehead atoms. The van der Waals surface area contributed by atoms with Crippen LogP contribution in [0.5, 0.6) is 0 Å². The predicted octanol–water partition coefficient (Wildman–Crippen LogP) is 5.03. The third kappa shape index (κ3) is 7.14. The maximum Gasteiger partial charge on any atom is 0.352 e. The van der Waals surface area contributed by atoms with Crippen LogP contribution in [0.15, 0.2) is 77.4 Å². The summed E-state index contributed by atoms with van der Waals surface area (Å²) in [6.45, 7) is 11.2. The van der Waals surface area contributed by atoms with E-state index in [-0.39, 0.29) is 19.6 Å². The Kier molecular flexibility index (Phi) is 10.5. The van der Waals surface area contributed by atoms with Gasteiger partial charge in [0.2, 0.25) is 6.10 Å². The van der Waals surface area contributed by atoms with Crippen LogP contribution in [0.1, 0.15) is 50.0 Å². The molecule has 1 aliphatic carbocycles. The third-order valence-corrected chi connectivity index (χ3v) is 9.66. The number of hydrogen-bond donors (Lipinski definition) is 1. The quantitative estimate of drug-likeness (QED) is 0.178. The zero-order chi connectivity index (χ0) is 32.1. The van der Waals surface area contributed by atoms with Crippen LogP contribution in [0.25, 0.3) is 0 Å². The minimum atomic E-state index is -2.21. The van der Waals surface area contributed by atoms with Gasteiger partial charge in [0.25, 0.3) is 0 Å². The Bertz CT molecular complexity index is 1420. The summed E-state index contributed by atoms with van der Waals surface area (Å²) < 4.78 is 29.5. The van der Waals surface area contributed by atoms with Crippen LogP contribution >= 0.6 is 0 Å². The molecule has 0 radical (unpaired) electrons. The molecule has 1 heterocycles. The Morgan fingerprint density at radius 1 is 1.02 bits per heavy atom. The van der Waals surface area contributed by atoms with E-state index in [1.807, 2.05) is 37.3 Å². The van der Waals surface area contributed by atoms with Crippen molar-refractivity contribution in [2.45, 2.75) is 77.4 Å². The van der Waals surface area contributed by atoms with Gasteiger partial charge in [0, 0.05) is 18.1 Å². The lowest BCUT2D eigenvalue weighted by Gasteiger charge is -2.50. The number of carbonyl (C=O) groups is 3. The molecule has 0 amide bonds. The van der Waals surface area contributed by atoms with E-state index in [1.165, 1.54) is 13.2 Å².